The summed E-state index contributed by atoms with van der Waals surface area (Å²) in [6.07, 6.45) is 1.27. The minimum Gasteiger partial charge on any atom is -0.464 e. The summed E-state index contributed by atoms with van der Waals surface area (Å²) in [6, 6.07) is 4.50. The zero-order valence-corrected chi connectivity index (χ0v) is 10.9. The Bertz CT molecular complexity index is 592. The smallest absolute Gasteiger partial charge is 0.360 e. The fraction of sp³-hybridized carbons (Fsp3) is 0.0909. The van der Waals surface area contributed by atoms with Crippen molar-refractivity contribution in [3.63, 3.8) is 0 Å². The van der Waals surface area contributed by atoms with E-state index in [1.54, 1.807) is 12.1 Å². The van der Waals surface area contributed by atoms with Crippen LogP contribution in [0.15, 0.2) is 29.0 Å². The van der Waals surface area contributed by atoms with Gasteiger partial charge in [0.1, 0.15) is 18.0 Å². The molecule has 0 saturated heterocycles. The number of hydrogen-bond donors (Lipinski definition) is 1. The van der Waals surface area contributed by atoms with E-state index in [0.29, 0.717) is 4.47 Å². The van der Waals surface area contributed by atoms with E-state index in [4.69, 9.17) is 5.73 Å². The van der Waals surface area contributed by atoms with E-state index in [0.717, 1.165) is 0 Å². The van der Waals surface area contributed by atoms with Crippen LogP contribution >= 0.6 is 15.9 Å². The van der Waals surface area contributed by atoms with E-state index in [-0.39, 0.29) is 17.2 Å². The minimum atomic E-state index is -0.668. The maximum Gasteiger partial charge on any atom is 0.360 e. The number of carbonyl (C=O) groups is 1. The second kappa shape index (κ2) is 4.77. The first-order valence-corrected chi connectivity index (χ1v) is 5.71. The van der Waals surface area contributed by atoms with Crippen molar-refractivity contribution in [3.05, 3.63) is 40.5 Å². The molecule has 1 aromatic carbocycles. The topological polar surface area (TPSA) is 70.1 Å². The molecule has 2 N–H and O–H groups in total. The maximum atomic E-state index is 13.8. The number of esters is 1. The lowest BCUT2D eigenvalue weighted by Gasteiger charge is -2.08. The lowest BCUT2D eigenvalue weighted by Crippen LogP contribution is -2.08. The second-order valence-corrected chi connectivity index (χ2v) is 4.26. The second-order valence-electron chi connectivity index (χ2n) is 3.41. The van der Waals surface area contributed by atoms with Crippen molar-refractivity contribution in [3.8, 4) is 5.69 Å². The number of hydrogen-bond acceptors (Lipinski definition) is 4. The molecule has 0 aliphatic rings. The quantitative estimate of drug-likeness (QED) is 0.862. The van der Waals surface area contributed by atoms with Crippen molar-refractivity contribution < 1.29 is 13.9 Å². The molecule has 2 aromatic rings. The van der Waals surface area contributed by atoms with Gasteiger partial charge in [0.15, 0.2) is 5.69 Å². The number of carbonyl (C=O) groups excluding carboxylic acids is 1. The molecule has 0 unspecified atom stereocenters. The molecule has 0 radical (unpaired) electrons. The highest BCUT2D eigenvalue weighted by Gasteiger charge is 2.19. The predicted molar refractivity (Wildman–Crippen MR) is 67.0 cm³/mol. The average molecular weight is 314 g/mol. The molecule has 2 rings (SSSR count). The number of nitrogens with two attached hydrogens (primary N) is 1. The van der Waals surface area contributed by atoms with Crippen LogP contribution in [-0.4, -0.2) is 22.6 Å². The van der Waals surface area contributed by atoms with Crippen LogP contribution in [0.25, 0.3) is 5.69 Å². The maximum absolute atomic E-state index is 13.8. The van der Waals surface area contributed by atoms with E-state index < -0.39 is 11.8 Å². The Kier molecular flexibility index (Phi) is 3.33. The lowest BCUT2D eigenvalue weighted by atomic mass is 10.3. The highest BCUT2D eigenvalue weighted by molar-refractivity contribution is 9.10. The van der Waals surface area contributed by atoms with E-state index in [2.05, 4.69) is 25.7 Å². The van der Waals surface area contributed by atoms with Gasteiger partial charge in [-0.25, -0.2) is 14.2 Å². The Balaban J connectivity index is 2.60. The fourth-order valence-electron chi connectivity index (χ4n) is 1.51. The van der Waals surface area contributed by atoms with Gasteiger partial charge in [0.2, 0.25) is 0 Å². The van der Waals surface area contributed by atoms with Crippen LogP contribution < -0.4 is 5.73 Å². The van der Waals surface area contributed by atoms with Crippen LogP contribution in [-0.2, 0) is 4.74 Å². The van der Waals surface area contributed by atoms with Crippen molar-refractivity contribution in [2.24, 2.45) is 0 Å². The first kappa shape index (κ1) is 12.6. The molecule has 0 aliphatic heterocycles. The number of ether oxygens (including phenoxy) is 1. The first-order chi connectivity index (χ1) is 8.56. The fourth-order valence-corrected chi connectivity index (χ4v) is 2.04. The monoisotopic (exact) mass is 313 g/mol. The Labute approximate surface area is 111 Å². The summed E-state index contributed by atoms with van der Waals surface area (Å²) in [5, 5.41) is 0. The number of imidazole rings is 1. The number of methoxy groups -OCH3 is 1. The van der Waals surface area contributed by atoms with Crippen LogP contribution in [0.4, 0.5) is 10.2 Å². The summed E-state index contributed by atoms with van der Waals surface area (Å²) in [5.41, 5.74) is 5.91. The number of para-hydroxylation sites is 1. The zero-order valence-electron chi connectivity index (χ0n) is 9.35. The molecular weight excluding hydrogens is 305 g/mol. The Morgan fingerprint density at radius 3 is 2.89 bits per heavy atom. The van der Waals surface area contributed by atoms with E-state index in [1.165, 1.54) is 24.1 Å². The molecule has 1 heterocycles. The standard InChI is InChI=1S/C11H9BrFN3O2/c1-18-11(17)8-10(14)16(5-15-8)9-6(12)3-2-4-7(9)13/h2-5H,14H2,1H3. The van der Waals surface area contributed by atoms with Crippen LogP contribution in [0, 0.1) is 5.82 Å². The number of rotatable bonds is 2. The normalized spacial score (nSPS) is 10.4. The zero-order chi connectivity index (χ0) is 13.3. The lowest BCUT2D eigenvalue weighted by molar-refractivity contribution is 0.0596. The van der Waals surface area contributed by atoms with Gasteiger partial charge in [-0.15, -0.1) is 0 Å². The number of nitrogens with zero attached hydrogens (tertiary/aromatic N) is 2. The van der Waals surface area contributed by atoms with Crippen LogP contribution in [0.2, 0.25) is 0 Å². The molecule has 18 heavy (non-hydrogen) atoms. The van der Waals surface area contributed by atoms with Gasteiger partial charge in [-0.1, -0.05) is 6.07 Å². The first-order valence-electron chi connectivity index (χ1n) is 4.91. The summed E-state index contributed by atoms with van der Waals surface area (Å²) >= 11 is 3.22. The summed E-state index contributed by atoms with van der Waals surface area (Å²) in [6.45, 7) is 0. The molecule has 94 valence electrons. The number of halogens is 2. The number of nitrogen functional groups attached to an aromatic ring is 1. The Morgan fingerprint density at radius 2 is 2.28 bits per heavy atom. The predicted octanol–water partition coefficient (Wildman–Crippen LogP) is 2.14. The van der Waals surface area contributed by atoms with Crippen LogP contribution in [0.3, 0.4) is 0 Å². The molecule has 0 atom stereocenters. The van der Waals surface area contributed by atoms with Gasteiger partial charge in [-0.2, -0.15) is 0 Å². The molecule has 0 spiro atoms. The van der Waals surface area contributed by atoms with Crippen molar-refractivity contribution >= 4 is 27.7 Å². The summed E-state index contributed by atoms with van der Waals surface area (Å²) in [5.74, 6) is -1.13. The van der Waals surface area contributed by atoms with Crippen molar-refractivity contribution in [1.29, 1.82) is 0 Å². The van der Waals surface area contributed by atoms with Gasteiger partial charge >= 0.3 is 5.97 Å². The van der Waals surface area contributed by atoms with E-state index in [9.17, 15) is 9.18 Å². The van der Waals surface area contributed by atoms with Gasteiger partial charge in [-0.3, -0.25) is 4.57 Å². The minimum absolute atomic E-state index is 0.0210. The van der Waals surface area contributed by atoms with E-state index >= 15 is 0 Å². The average Bonchev–Trinajstić information content (AvgIpc) is 2.71. The number of benzene rings is 1. The van der Waals surface area contributed by atoms with Gasteiger partial charge in [0.25, 0.3) is 0 Å². The highest BCUT2D eigenvalue weighted by Crippen LogP contribution is 2.27. The van der Waals surface area contributed by atoms with Gasteiger partial charge in [0, 0.05) is 4.47 Å². The summed E-state index contributed by atoms with van der Waals surface area (Å²) < 4.78 is 20.1. The molecule has 1 aromatic heterocycles. The van der Waals surface area contributed by atoms with Crippen molar-refractivity contribution in [1.82, 2.24) is 9.55 Å². The Morgan fingerprint density at radius 1 is 1.56 bits per heavy atom. The highest BCUT2D eigenvalue weighted by atomic mass is 79.9. The third-order valence-electron chi connectivity index (χ3n) is 2.36. The number of anilines is 1. The number of aromatic nitrogens is 2. The van der Waals surface area contributed by atoms with Gasteiger partial charge in [-0.05, 0) is 28.1 Å². The van der Waals surface area contributed by atoms with Crippen molar-refractivity contribution in [2.75, 3.05) is 12.8 Å². The van der Waals surface area contributed by atoms with Crippen molar-refractivity contribution in [2.45, 2.75) is 0 Å². The Hall–Kier alpha value is -1.89. The van der Waals surface area contributed by atoms with Gasteiger partial charge < -0.3 is 10.5 Å². The summed E-state index contributed by atoms with van der Waals surface area (Å²) in [7, 11) is 1.22. The molecular formula is C11H9BrFN3O2. The molecule has 0 saturated carbocycles. The third kappa shape index (κ3) is 1.97. The molecule has 0 amide bonds. The molecule has 0 aliphatic carbocycles. The van der Waals surface area contributed by atoms with Crippen LogP contribution in [0.1, 0.15) is 10.5 Å². The molecule has 5 nitrogen and oxygen atoms in total. The largest absolute Gasteiger partial charge is 0.464 e. The van der Waals surface area contributed by atoms with Crippen LogP contribution in [0.5, 0.6) is 0 Å². The van der Waals surface area contributed by atoms with E-state index in [1.807, 2.05) is 0 Å². The molecule has 7 heteroatoms. The van der Waals surface area contributed by atoms with Gasteiger partial charge in [0.05, 0.1) is 12.8 Å². The molecule has 0 fully saturated rings. The molecule has 0 bridgehead atoms. The third-order valence-corrected chi connectivity index (χ3v) is 3.00. The summed E-state index contributed by atoms with van der Waals surface area (Å²) in [4.78, 5) is 15.2. The SMILES string of the molecule is COC(=O)c1ncn(-c2c(F)cccc2Br)c1N.